The monoisotopic (exact) mass is 327 g/mol. The lowest BCUT2D eigenvalue weighted by Crippen LogP contribution is -1.96. The van der Waals surface area contributed by atoms with Crippen molar-refractivity contribution in [2.75, 3.05) is 0 Å². The molecule has 0 N–H and O–H groups in total. The Morgan fingerprint density at radius 3 is 3.07 bits per heavy atom. The number of nitrogens with zero attached hydrogens (tertiary/aromatic N) is 3. The molecule has 3 rings (SSSR count). The van der Waals surface area contributed by atoms with E-state index in [1.165, 1.54) is 10.1 Å². The van der Waals surface area contributed by atoms with Crippen LogP contribution in [0.15, 0.2) is 36.1 Å². The van der Waals surface area contributed by atoms with Gasteiger partial charge in [-0.2, -0.15) is 5.10 Å². The van der Waals surface area contributed by atoms with Crippen molar-refractivity contribution in [3.63, 3.8) is 0 Å². The minimum Gasteiger partial charge on any atom is -0.236 e. The quantitative estimate of drug-likeness (QED) is 0.643. The number of aromatic nitrogens is 3. The second-order valence-electron chi connectivity index (χ2n) is 3.08. The van der Waals surface area contributed by atoms with Crippen molar-refractivity contribution in [2.24, 2.45) is 0 Å². The molecule has 0 amide bonds. The topological polar surface area (TPSA) is 30.7 Å². The van der Waals surface area contributed by atoms with E-state index in [9.17, 15) is 0 Å². The Balaban J connectivity index is 2.30. The van der Waals surface area contributed by atoms with Crippen molar-refractivity contribution in [3.05, 3.63) is 39.7 Å². The summed E-state index contributed by atoms with van der Waals surface area (Å²) in [5.74, 6) is 0.908. The number of pyridine rings is 1. The van der Waals surface area contributed by atoms with Crippen LogP contribution in [0.5, 0.6) is 0 Å². The Bertz CT molecular complexity index is 614. The molecule has 0 atom stereocenters. The zero-order valence-electron chi connectivity index (χ0n) is 7.59. The predicted octanol–water partition coefficient (Wildman–Crippen LogP) is 3.09. The first-order valence-electron chi connectivity index (χ1n) is 4.37. The van der Waals surface area contributed by atoms with Crippen molar-refractivity contribution in [2.45, 2.75) is 0 Å². The molecule has 5 heteroatoms. The molecule has 3 nitrogen and oxygen atoms in total. The van der Waals surface area contributed by atoms with Crippen LogP contribution in [-0.2, 0) is 0 Å². The molecule has 3 aromatic rings. The highest BCUT2D eigenvalue weighted by molar-refractivity contribution is 14.1. The lowest BCUT2D eigenvalue weighted by molar-refractivity contribution is 0.857. The molecule has 0 unspecified atom stereocenters. The van der Waals surface area contributed by atoms with Gasteiger partial charge in [0.15, 0.2) is 5.82 Å². The minimum absolute atomic E-state index is 0.908. The minimum atomic E-state index is 0.908. The predicted molar refractivity (Wildman–Crippen MR) is 69.5 cm³/mol. The average molecular weight is 327 g/mol. The molecule has 0 aromatic carbocycles. The fraction of sp³-hybridized carbons (Fsp3) is 0. The molecule has 3 aromatic heterocycles. The SMILES string of the molecule is Ic1cnn(-c2nccc3ccsc23)c1. The normalized spacial score (nSPS) is 11.0. The Kier molecular flexibility index (Phi) is 2.21. The van der Waals surface area contributed by atoms with Gasteiger partial charge in [0.25, 0.3) is 0 Å². The standard InChI is InChI=1S/C10H6IN3S/c11-8-5-13-14(6-8)10-9-7(1-3-12-10)2-4-15-9/h1-6H. The molecule has 74 valence electrons. The first kappa shape index (κ1) is 9.29. The highest BCUT2D eigenvalue weighted by atomic mass is 127. The molecule has 0 saturated carbocycles. The van der Waals surface area contributed by atoms with Gasteiger partial charge in [-0.3, -0.25) is 0 Å². The first-order valence-corrected chi connectivity index (χ1v) is 6.33. The maximum absolute atomic E-state index is 4.37. The summed E-state index contributed by atoms with van der Waals surface area (Å²) in [6.45, 7) is 0. The number of rotatable bonds is 1. The van der Waals surface area contributed by atoms with Gasteiger partial charge in [-0.15, -0.1) is 11.3 Å². The zero-order chi connectivity index (χ0) is 10.3. The summed E-state index contributed by atoms with van der Waals surface area (Å²) in [6, 6.07) is 4.11. The van der Waals surface area contributed by atoms with Crippen LogP contribution in [0.4, 0.5) is 0 Å². The summed E-state index contributed by atoms with van der Waals surface area (Å²) in [4.78, 5) is 4.37. The van der Waals surface area contributed by atoms with E-state index in [1.54, 1.807) is 11.3 Å². The van der Waals surface area contributed by atoms with Gasteiger partial charge in [0, 0.05) is 12.4 Å². The molecule has 3 heterocycles. The van der Waals surface area contributed by atoms with Crippen LogP contribution < -0.4 is 0 Å². The molecule has 0 bridgehead atoms. The summed E-state index contributed by atoms with van der Waals surface area (Å²) in [5, 5.41) is 7.56. The number of halogens is 1. The van der Waals surface area contributed by atoms with Crippen LogP contribution in [0, 0.1) is 3.57 Å². The van der Waals surface area contributed by atoms with E-state index < -0.39 is 0 Å². The first-order chi connectivity index (χ1) is 7.34. The highest BCUT2D eigenvalue weighted by Crippen LogP contribution is 2.25. The number of thiophene rings is 1. The number of fused-ring (bicyclic) bond motifs is 1. The summed E-state index contributed by atoms with van der Waals surface area (Å²) >= 11 is 3.93. The molecule has 15 heavy (non-hydrogen) atoms. The van der Waals surface area contributed by atoms with Crippen molar-refractivity contribution >= 4 is 44.0 Å². The third-order valence-corrected chi connectivity index (χ3v) is 3.60. The molecule has 0 fully saturated rings. The van der Waals surface area contributed by atoms with Gasteiger partial charge >= 0.3 is 0 Å². The smallest absolute Gasteiger partial charge is 0.171 e. The molecule has 0 saturated heterocycles. The summed E-state index contributed by atoms with van der Waals surface area (Å²) < 4.78 is 4.11. The van der Waals surface area contributed by atoms with Crippen LogP contribution in [-0.4, -0.2) is 14.8 Å². The Hall–Kier alpha value is -0.950. The van der Waals surface area contributed by atoms with Gasteiger partial charge in [0.2, 0.25) is 0 Å². The van der Waals surface area contributed by atoms with Gasteiger partial charge in [-0.1, -0.05) is 0 Å². The van der Waals surface area contributed by atoms with Crippen LogP contribution in [0.25, 0.3) is 15.9 Å². The molecule has 0 spiro atoms. The van der Waals surface area contributed by atoms with Crippen molar-refractivity contribution in [1.82, 2.24) is 14.8 Å². The molecule has 0 radical (unpaired) electrons. The van der Waals surface area contributed by atoms with E-state index in [1.807, 2.05) is 29.3 Å². The van der Waals surface area contributed by atoms with E-state index in [4.69, 9.17) is 0 Å². The third kappa shape index (κ3) is 1.55. The van der Waals surface area contributed by atoms with Gasteiger partial charge < -0.3 is 0 Å². The van der Waals surface area contributed by atoms with E-state index in [0.717, 1.165) is 9.39 Å². The molecule has 0 aliphatic carbocycles. The maximum Gasteiger partial charge on any atom is 0.171 e. The van der Waals surface area contributed by atoms with Crippen LogP contribution in [0.1, 0.15) is 0 Å². The largest absolute Gasteiger partial charge is 0.236 e. The summed E-state index contributed by atoms with van der Waals surface area (Å²) in [7, 11) is 0. The third-order valence-electron chi connectivity index (χ3n) is 2.12. The highest BCUT2D eigenvalue weighted by Gasteiger charge is 2.06. The van der Waals surface area contributed by atoms with E-state index in [2.05, 4.69) is 44.1 Å². The Labute approximate surface area is 104 Å². The second-order valence-corrected chi connectivity index (χ2v) is 5.24. The zero-order valence-corrected chi connectivity index (χ0v) is 10.6. The maximum atomic E-state index is 4.37. The van der Waals surface area contributed by atoms with Crippen LogP contribution in [0.2, 0.25) is 0 Å². The number of hydrogen-bond acceptors (Lipinski definition) is 3. The van der Waals surface area contributed by atoms with Crippen LogP contribution >= 0.6 is 33.9 Å². The van der Waals surface area contributed by atoms with Gasteiger partial charge in [0.05, 0.1) is 14.5 Å². The van der Waals surface area contributed by atoms with Crippen molar-refractivity contribution < 1.29 is 0 Å². The molecule has 0 aliphatic rings. The van der Waals surface area contributed by atoms with Crippen LogP contribution in [0.3, 0.4) is 0 Å². The second kappa shape index (κ2) is 3.57. The Morgan fingerprint density at radius 2 is 2.27 bits per heavy atom. The molecular formula is C10H6IN3S. The lowest BCUT2D eigenvalue weighted by atomic mass is 10.3. The van der Waals surface area contributed by atoms with Gasteiger partial charge in [0.1, 0.15) is 0 Å². The van der Waals surface area contributed by atoms with Crippen molar-refractivity contribution in [1.29, 1.82) is 0 Å². The fourth-order valence-electron chi connectivity index (χ4n) is 1.46. The van der Waals surface area contributed by atoms with E-state index in [0.29, 0.717) is 0 Å². The van der Waals surface area contributed by atoms with Gasteiger partial charge in [-0.05, 0) is 45.5 Å². The van der Waals surface area contributed by atoms with E-state index in [-0.39, 0.29) is 0 Å². The molecule has 0 aliphatic heterocycles. The number of hydrogen-bond donors (Lipinski definition) is 0. The summed E-state index contributed by atoms with van der Waals surface area (Å²) in [5.41, 5.74) is 0. The summed E-state index contributed by atoms with van der Waals surface area (Å²) in [6.07, 6.45) is 5.62. The Morgan fingerprint density at radius 1 is 1.33 bits per heavy atom. The van der Waals surface area contributed by atoms with Crippen molar-refractivity contribution in [3.8, 4) is 5.82 Å². The molecular weight excluding hydrogens is 321 g/mol. The fourth-order valence-corrected chi connectivity index (χ4v) is 2.72. The van der Waals surface area contributed by atoms with E-state index >= 15 is 0 Å². The average Bonchev–Trinajstić information content (AvgIpc) is 2.84. The van der Waals surface area contributed by atoms with Gasteiger partial charge in [-0.25, -0.2) is 9.67 Å². The lowest BCUT2D eigenvalue weighted by Gasteiger charge is -2.00.